The molecule has 0 heterocycles. The standard InChI is InChI=1S/C8H17.C6H13O.2C3H7.Sn/c1-3-5-7-8-6-4-2;1-2-3-4-5-6-7;2*1-3-2;/h1,3-8H2,2H3;2-6H2,1H3;2*1,3H2,2H3;/q;-1;;;+1. The van der Waals surface area contributed by atoms with E-state index in [2.05, 4.69) is 27.7 Å². The summed E-state index contributed by atoms with van der Waals surface area (Å²) in [5.74, 6) is 0. The maximum absolute atomic E-state index is 6.69. The van der Waals surface area contributed by atoms with Crippen LogP contribution >= 0.6 is 0 Å². The van der Waals surface area contributed by atoms with E-state index in [-0.39, 0.29) is 0 Å². The first kappa shape index (κ1) is 22.8. The third-order valence-electron chi connectivity index (χ3n) is 4.80. The molecule has 0 atom stereocenters. The maximum atomic E-state index is 6.69. The van der Waals surface area contributed by atoms with Crippen molar-refractivity contribution in [3.8, 4) is 0 Å². The molecule has 0 aromatic rings. The Labute approximate surface area is 146 Å². The van der Waals surface area contributed by atoms with Gasteiger partial charge < -0.3 is 0 Å². The molecule has 22 heavy (non-hydrogen) atoms. The van der Waals surface area contributed by atoms with Crippen molar-refractivity contribution in [2.45, 2.75) is 118 Å². The van der Waals surface area contributed by atoms with E-state index in [4.69, 9.17) is 3.07 Å². The van der Waals surface area contributed by atoms with E-state index in [9.17, 15) is 0 Å². The predicted molar refractivity (Wildman–Crippen MR) is 104 cm³/mol. The third kappa shape index (κ3) is 12.2. The fourth-order valence-corrected chi connectivity index (χ4v) is 16.3. The van der Waals surface area contributed by atoms with Gasteiger partial charge in [-0.1, -0.05) is 0 Å². The van der Waals surface area contributed by atoms with Crippen molar-refractivity contribution in [2.75, 3.05) is 6.61 Å². The average Bonchev–Trinajstić information content (AvgIpc) is 2.51. The summed E-state index contributed by atoms with van der Waals surface area (Å²) in [7, 11) is 0. The van der Waals surface area contributed by atoms with E-state index in [0.29, 0.717) is 0 Å². The molecule has 0 N–H and O–H groups in total. The molecule has 0 amide bonds. The van der Waals surface area contributed by atoms with Crippen LogP contribution in [0, 0.1) is 0 Å². The summed E-state index contributed by atoms with van der Waals surface area (Å²) in [6, 6.07) is 0. The van der Waals surface area contributed by atoms with Gasteiger partial charge in [0.1, 0.15) is 0 Å². The van der Waals surface area contributed by atoms with Crippen LogP contribution in [0.15, 0.2) is 0 Å². The van der Waals surface area contributed by atoms with Crippen molar-refractivity contribution in [2.24, 2.45) is 0 Å². The van der Waals surface area contributed by atoms with Crippen molar-refractivity contribution < 1.29 is 3.07 Å². The number of hydrogen-bond donors (Lipinski definition) is 0. The summed E-state index contributed by atoms with van der Waals surface area (Å²) in [6.07, 6.45) is 16.7. The molecule has 0 unspecified atom stereocenters. The van der Waals surface area contributed by atoms with Crippen molar-refractivity contribution in [1.29, 1.82) is 0 Å². The van der Waals surface area contributed by atoms with Crippen LogP contribution in [-0.4, -0.2) is 25.4 Å². The number of unbranched alkanes of at least 4 members (excludes halogenated alkanes) is 8. The minimum absolute atomic E-state index is 1.08. The van der Waals surface area contributed by atoms with Gasteiger partial charge in [0, 0.05) is 0 Å². The second-order valence-electron chi connectivity index (χ2n) is 7.11. The third-order valence-corrected chi connectivity index (χ3v) is 18.8. The normalized spacial score (nSPS) is 12.0. The summed E-state index contributed by atoms with van der Waals surface area (Å²) < 4.78 is 11.1. The van der Waals surface area contributed by atoms with Gasteiger partial charge in [0.2, 0.25) is 0 Å². The van der Waals surface area contributed by atoms with E-state index < -0.39 is 18.8 Å². The molecule has 0 bridgehead atoms. The van der Waals surface area contributed by atoms with Gasteiger partial charge in [0.15, 0.2) is 0 Å². The first-order valence-corrected chi connectivity index (χ1v) is 17.6. The zero-order chi connectivity index (χ0) is 16.5. The fraction of sp³-hybridized carbons (Fsp3) is 1.00. The van der Waals surface area contributed by atoms with Gasteiger partial charge in [0.05, 0.1) is 0 Å². The molecule has 0 saturated heterocycles. The molecule has 0 aliphatic carbocycles. The molecule has 0 fully saturated rings. The molecule has 0 radical (unpaired) electrons. The van der Waals surface area contributed by atoms with Crippen molar-refractivity contribution in [3.63, 3.8) is 0 Å². The van der Waals surface area contributed by atoms with Gasteiger partial charge >= 0.3 is 147 Å². The van der Waals surface area contributed by atoms with Crippen LogP contribution in [0.25, 0.3) is 0 Å². The van der Waals surface area contributed by atoms with Crippen molar-refractivity contribution >= 4 is 18.8 Å². The van der Waals surface area contributed by atoms with E-state index in [1.54, 1.807) is 0 Å². The number of hydrogen-bond acceptors (Lipinski definition) is 1. The summed E-state index contributed by atoms with van der Waals surface area (Å²) in [6.45, 7) is 10.4. The molecular formula is C20H44OSn. The quantitative estimate of drug-likeness (QED) is 0.173. The molecule has 0 aliphatic rings. The van der Waals surface area contributed by atoms with E-state index in [1.165, 1.54) is 90.4 Å². The Morgan fingerprint density at radius 3 is 1.55 bits per heavy atom. The van der Waals surface area contributed by atoms with Crippen LogP contribution in [0.2, 0.25) is 13.3 Å². The monoisotopic (exact) mass is 420 g/mol. The van der Waals surface area contributed by atoms with Gasteiger partial charge in [-0.2, -0.15) is 0 Å². The van der Waals surface area contributed by atoms with Crippen LogP contribution in [-0.2, 0) is 3.07 Å². The SMILES string of the molecule is CCCCCCC[CH2][Sn]([CH2]CC)([CH2]CC)[O]CCCCCC. The average molecular weight is 419 g/mol. The molecule has 0 aromatic heterocycles. The number of rotatable bonds is 17. The van der Waals surface area contributed by atoms with Crippen LogP contribution in [0.1, 0.15) is 105 Å². The molecule has 134 valence electrons. The fourth-order valence-electron chi connectivity index (χ4n) is 3.55. The molecule has 0 spiro atoms. The molecule has 0 saturated carbocycles. The summed E-state index contributed by atoms with van der Waals surface area (Å²) in [5.41, 5.74) is 0. The molecule has 0 aromatic carbocycles. The Morgan fingerprint density at radius 1 is 0.500 bits per heavy atom. The topological polar surface area (TPSA) is 9.23 Å². The zero-order valence-electron chi connectivity index (χ0n) is 16.2. The van der Waals surface area contributed by atoms with Crippen LogP contribution in [0.4, 0.5) is 0 Å². The van der Waals surface area contributed by atoms with Crippen LogP contribution in [0.5, 0.6) is 0 Å². The van der Waals surface area contributed by atoms with Gasteiger partial charge in [-0.05, 0) is 0 Å². The second kappa shape index (κ2) is 16.6. The summed E-state index contributed by atoms with van der Waals surface area (Å²) in [5, 5.41) is 0. The van der Waals surface area contributed by atoms with Crippen molar-refractivity contribution in [3.05, 3.63) is 0 Å². The van der Waals surface area contributed by atoms with Gasteiger partial charge in [-0.3, -0.25) is 0 Å². The van der Waals surface area contributed by atoms with E-state index in [1.807, 2.05) is 0 Å². The molecule has 0 aliphatic heterocycles. The summed E-state index contributed by atoms with van der Waals surface area (Å²) in [4.78, 5) is 0. The Hall–Kier alpha value is 0.759. The summed E-state index contributed by atoms with van der Waals surface area (Å²) >= 11 is -2.25. The second-order valence-corrected chi connectivity index (χ2v) is 19.0. The Bertz CT molecular complexity index is 212. The van der Waals surface area contributed by atoms with Gasteiger partial charge in [-0.25, -0.2) is 0 Å². The first-order valence-electron chi connectivity index (χ1n) is 10.4. The van der Waals surface area contributed by atoms with E-state index >= 15 is 0 Å². The Kier molecular flexibility index (Phi) is 17.2. The minimum atomic E-state index is -2.25. The Balaban J connectivity index is 4.13. The van der Waals surface area contributed by atoms with Crippen LogP contribution < -0.4 is 0 Å². The van der Waals surface area contributed by atoms with Gasteiger partial charge in [0.25, 0.3) is 0 Å². The molecule has 1 nitrogen and oxygen atoms in total. The van der Waals surface area contributed by atoms with E-state index in [0.717, 1.165) is 6.61 Å². The molecule has 2 heteroatoms. The molecule has 0 rings (SSSR count). The first-order chi connectivity index (χ1) is 10.7. The Morgan fingerprint density at radius 2 is 1.00 bits per heavy atom. The predicted octanol–water partition coefficient (Wildman–Crippen LogP) is 7.71. The van der Waals surface area contributed by atoms with Crippen molar-refractivity contribution in [1.82, 2.24) is 0 Å². The van der Waals surface area contributed by atoms with Crippen LogP contribution in [0.3, 0.4) is 0 Å². The zero-order valence-corrected chi connectivity index (χ0v) is 19.1. The molecular weight excluding hydrogens is 375 g/mol. The van der Waals surface area contributed by atoms with Gasteiger partial charge in [-0.15, -0.1) is 0 Å².